The van der Waals surface area contributed by atoms with E-state index in [1.807, 2.05) is 43.3 Å². The minimum Gasteiger partial charge on any atom is -0.491 e. The largest absolute Gasteiger partial charge is 0.491 e. The highest BCUT2D eigenvalue weighted by Gasteiger charge is 2.45. The summed E-state index contributed by atoms with van der Waals surface area (Å²) < 4.78 is 54.6. The third-order valence-corrected chi connectivity index (χ3v) is 7.49. The lowest BCUT2D eigenvalue weighted by atomic mass is 9.71. The summed E-state index contributed by atoms with van der Waals surface area (Å²) in [5.74, 6) is -0.730. The van der Waals surface area contributed by atoms with Crippen molar-refractivity contribution in [1.29, 1.82) is 0 Å². The molecule has 43 heavy (non-hydrogen) atoms. The van der Waals surface area contributed by atoms with Gasteiger partial charge in [-0.15, -0.1) is 0 Å². The van der Waals surface area contributed by atoms with E-state index < -0.39 is 24.0 Å². The minimum absolute atomic E-state index is 0.0259. The quantitative estimate of drug-likeness (QED) is 0.200. The standard InChI is InChI=1S/C30H33BrF2N4O6/c1-37(2)12-10-30(38,18-15-23(39-3)36-24(16-18)43-29(32)33)25(20-9-11-34-28(42-6)26(20)40-4)21-14-17-13-19(31)7-8-22(17)35-27(21)41-5/h7-9,11,13-16,25,29,38H,10,12H2,1-6H3/t25-,30-/m1/s1. The molecule has 3 aromatic heterocycles. The summed E-state index contributed by atoms with van der Waals surface area (Å²) in [6.07, 6.45) is 1.64. The van der Waals surface area contributed by atoms with E-state index in [9.17, 15) is 13.9 Å². The number of alkyl halides is 2. The van der Waals surface area contributed by atoms with Gasteiger partial charge in [0.2, 0.25) is 17.6 Å². The summed E-state index contributed by atoms with van der Waals surface area (Å²) in [5.41, 5.74) is 0.00719. The Morgan fingerprint density at radius 3 is 2.23 bits per heavy atom. The van der Waals surface area contributed by atoms with E-state index in [0.29, 0.717) is 23.2 Å². The number of aromatic nitrogens is 3. The third-order valence-electron chi connectivity index (χ3n) is 7.00. The average Bonchev–Trinajstić information content (AvgIpc) is 2.98. The minimum atomic E-state index is -3.15. The van der Waals surface area contributed by atoms with Crippen LogP contribution in [0.15, 0.2) is 53.1 Å². The van der Waals surface area contributed by atoms with E-state index >= 15 is 0 Å². The fourth-order valence-electron chi connectivity index (χ4n) is 5.06. The molecule has 230 valence electrons. The van der Waals surface area contributed by atoms with Crippen molar-refractivity contribution in [3.05, 3.63) is 69.8 Å². The number of hydrogen-bond acceptors (Lipinski definition) is 10. The van der Waals surface area contributed by atoms with E-state index in [1.54, 1.807) is 6.07 Å². The molecule has 0 aliphatic heterocycles. The Hall–Kier alpha value is -3.81. The van der Waals surface area contributed by atoms with Crippen LogP contribution in [-0.4, -0.2) is 80.6 Å². The number of halogens is 3. The molecule has 0 saturated heterocycles. The Balaban J connectivity index is 2.14. The lowest BCUT2D eigenvalue weighted by Crippen LogP contribution is -2.38. The van der Waals surface area contributed by atoms with Crippen molar-refractivity contribution in [3.8, 4) is 29.3 Å². The fraction of sp³-hybridized carbons (Fsp3) is 0.367. The zero-order chi connectivity index (χ0) is 31.3. The molecule has 0 spiro atoms. The van der Waals surface area contributed by atoms with Crippen molar-refractivity contribution in [2.45, 2.75) is 24.6 Å². The molecule has 0 amide bonds. The second-order valence-electron chi connectivity index (χ2n) is 9.89. The summed E-state index contributed by atoms with van der Waals surface area (Å²) in [6, 6.07) is 11.9. The molecule has 4 aromatic rings. The molecular formula is C30H33BrF2N4O6. The highest BCUT2D eigenvalue weighted by Crippen LogP contribution is 2.51. The van der Waals surface area contributed by atoms with Gasteiger partial charge in [0, 0.05) is 45.9 Å². The van der Waals surface area contributed by atoms with Gasteiger partial charge in [-0.25, -0.2) is 9.97 Å². The predicted octanol–water partition coefficient (Wildman–Crippen LogP) is 5.39. The van der Waals surface area contributed by atoms with Crippen LogP contribution in [0.3, 0.4) is 0 Å². The second-order valence-corrected chi connectivity index (χ2v) is 10.8. The van der Waals surface area contributed by atoms with Gasteiger partial charge in [-0.1, -0.05) is 15.9 Å². The molecule has 4 rings (SSSR count). The van der Waals surface area contributed by atoms with Gasteiger partial charge in [0.1, 0.15) is 5.60 Å². The molecule has 13 heteroatoms. The van der Waals surface area contributed by atoms with Gasteiger partial charge in [0.25, 0.3) is 5.88 Å². The fourth-order valence-corrected chi connectivity index (χ4v) is 5.43. The van der Waals surface area contributed by atoms with E-state index in [1.165, 1.54) is 46.8 Å². The summed E-state index contributed by atoms with van der Waals surface area (Å²) in [5, 5.41) is 13.8. The SMILES string of the molecule is COc1cc([C@](O)(CCN(C)C)[C@@H](c2cc3cc(Br)ccc3nc2OC)c2ccnc(OC)c2OC)cc(OC(F)F)n1. The normalized spacial score (nSPS) is 13.6. The maximum absolute atomic E-state index is 13.4. The van der Waals surface area contributed by atoms with Gasteiger partial charge < -0.3 is 33.7 Å². The molecule has 1 N–H and O–H groups in total. The first-order valence-electron chi connectivity index (χ1n) is 13.1. The number of rotatable bonds is 13. The van der Waals surface area contributed by atoms with Gasteiger partial charge in [-0.2, -0.15) is 13.8 Å². The molecule has 10 nitrogen and oxygen atoms in total. The molecular weight excluding hydrogens is 630 g/mol. The molecule has 0 unspecified atom stereocenters. The van der Waals surface area contributed by atoms with Crippen LogP contribution < -0.4 is 23.7 Å². The summed E-state index contributed by atoms with van der Waals surface area (Å²) >= 11 is 3.52. The van der Waals surface area contributed by atoms with E-state index in [2.05, 4.69) is 30.6 Å². The van der Waals surface area contributed by atoms with Crippen LogP contribution in [0, 0.1) is 0 Å². The van der Waals surface area contributed by atoms with Crippen molar-refractivity contribution in [2.24, 2.45) is 0 Å². The Bertz CT molecular complexity index is 1580. The molecule has 2 atom stereocenters. The third kappa shape index (κ3) is 6.89. The molecule has 1 aromatic carbocycles. The van der Waals surface area contributed by atoms with Crippen molar-refractivity contribution in [2.75, 3.05) is 49.1 Å². The molecule has 0 fully saturated rings. The van der Waals surface area contributed by atoms with Gasteiger partial charge >= 0.3 is 6.61 Å². The zero-order valence-electron chi connectivity index (χ0n) is 24.6. The lowest BCUT2D eigenvalue weighted by molar-refractivity contribution is -0.0538. The number of nitrogens with zero attached hydrogens (tertiary/aromatic N) is 4. The number of methoxy groups -OCH3 is 4. The van der Waals surface area contributed by atoms with Crippen LogP contribution in [0.4, 0.5) is 8.78 Å². The molecule has 0 saturated carbocycles. The summed E-state index contributed by atoms with van der Waals surface area (Å²) in [7, 11) is 9.48. The lowest BCUT2D eigenvalue weighted by Gasteiger charge is -2.39. The van der Waals surface area contributed by atoms with Crippen LogP contribution in [0.25, 0.3) is 10.9 Å². The molecule has 3 heterocycles. The number of ether oxygens (including phenoxy) is 5. The Kier molecular flexibility index (Phi) is 10.2. The molecule has 0 radical (unpaired) electrons. The van der Waals surface area contributed by atoms with Crippen molar-refractivity contribution >= 4 is 26.8 Å². The Labute approximate surface area is 256 Å². The highest BCUT2D eigenvalue weighted by atomic mass is 79.9. The summed E-state index contributed by atoms with van der Waals surface area (Å²) in [6.45, 7) is -2.76. The van der Waals surface area contributed by atoms with Gasteiger partial charge in [-0.3, -0.25) is 0 Å². The summed E-state index contributed by atoms with van der Waals surface area (Å²) in [4.78, 5) is 15.0. The van der Waals surface area contributed by atoms with Crippen molar-refractivity contribution in [3.63, 3.8) is 0 Å². The second kappa shape index (κ2) is 13.7. The van der Waals surface area contributed by atoms with Crippen molar-refractivity contribution in [1.82, 2.24) is 19.9 Å². The zero-order valence-corrected chi connectivity index (χ0v) is 26.2. The number of aliphatic hydroxyl groups is 1. The van der Waals surface area contributed by atoms with E-state index in [-0.39, 0.29) is 35.4 Å². The number of hydrogen-bond donors (Lipinski definition) is 1. The Morgan fingerprint density at radius 2 is 1.60 bits per heavy atom. The van der Waals surface area contributed by atoms with E-state index in [0.717, 1.165) is 9.86 Å². The van der Waals surface area contributed by atoms with Crippen LogP contribution in [0.5, 0.6) is 29.3 Å². The molecule has 0 aliphatic carbocycles. The Morgan fingerprint density at radius 1 is 0.884 bits per heavy atom. The van der Waals surface area contributed by atoms with Crippen LogP contribution in [-0.2, 0) is 5.60 Å². The first kappa shape index (κ1) is 32.1. The highest BCUT2D eigenvalue weighted by molar-refractivity contribution is 9.10. The van der Waals surface area contributed by atoms with Gasteiger partial charge in [-0.05, 0) is 56.4 Å². The predicted molar refractivity (Wildman–Crippen MR) is 160 cm³/mol. The maximum Gasteiger partial charge on any atom is 0.388 e. The smallest absolute Gasteiger partial charge is 0.388 e. The molecule has 0 bridgehead atoms. The van der Waals surface area contributed by atoms with E-state index in [4.69, 9.17) is 23.9 Å². The van der Waals surface area contributed by atoms with Crippen LogP contribution >= 0.6 is 15.9 Å². The number of pyridine rings is 3. The van der Waals surface area contributed by atoms with Crippen LogP contribution in [0.1, 0.15) is 29.0 Å². The topological polar surface area (TPSA) is 108 Å². The average molecular weight is 664 g/mol. The number of benzene rings is 1. The first-order valence-corrected chi connectivity index (χ1v) is 13.9. The first-order chi connectivity index (χ1) is 20.5. The number of fused-ring (bicyclic) bond motifs is 1. The van der Waals surface area contributed by atoms with Gasteiger partial charge in [0.05, 0.1) is 39.9 Å². The van der Waals surface area contributed by atoms with Crippen LogP contribution in [0.2, 0.25) is 0 Å². The molecule has 0 aliphatic rings. The monoisotopic (exact) mass is 662 g/mol. The maximum atomic E-state index is 13.4. The van der Waals surface area contributed by atoms with Gasteiger partial charge in [0.15, 0.2) is 5.75 Å². The van der Waals surface area contributed by atoms with Crippen molar-refractivity contribution < 1.29 is 37.6 Å².